The van der Waals surface area contributed by atoms with E-state index < -0.39 is 0 Å². The van der Waals surface area contributed by atoms with Crippen molar-refractivity contribution >= 4 is 29.0 Å². The fourth-order valence-corrected chi connectivity index (χ4v) is 2.22. The molecule has 0 aliphatic heterocycles. The molecule has 2 aromatic rings. The topological polar surface area (TPSA) is 51.0 Å². The Balaban J connectivity index is 2.39. The SMILES string of the molecule is Cc1c(C(=O)C=CN(C)C)nnn1-c1ccc(Cl)cc1Cl. The Hall–Kier alpha value is -1.85. The van der Waals surface area contributed by atoms with Crippen molar-refractivity contribution in [3.05, 3.63) is 51.9 Å². The number of hydrogen-bond acceptors (Lipinski definition) is 4. The van der Waals surface area contributed by atoms with Gasteiger partial charge in [-0.25, -0.2) is 4.68 Å². The first-order chi connectivity index (χ1) is 9.90. The molecule has 0 atom stereocenters. The minimum Gasteiger partial charge on any atom is -0.383 e. The van der Waals surface area contributed by atoms with Crippen molar-refractivity contribution in [3.63, 3.8) is 0 Å². The second kappa shape index (κ2) is 6.28. The van der Waals surface area contributed by atoms with Gasteiger partial charge >= 0.3 is 0 Å². The van der Waals surface area contributed by atoms with Crippen molar-refractivity contribution in [1.29, 1.82) is 0 Å². The van der Waals surface area contributed by atoms with Crippen LogP contribution < -0.4 is 0 Å². The highest BCUT2D eigenvalue weighted by atomic mass is 35.5. The molecule has 7 heteroatoms. The van der Waals surface area contributed by atoms with Crippen molar-refractivity contribution in [1.82, 2.24) is 19.9 Å². The molecule has 0 spiro atoms. The van der Waals surface area contributed by atoms with E-state index >= 15 is 0 Å². The molecule has 0 unspecified atom stereocenters. The van der Waals surface area contributed by atoms with Gasteiger partial charge in [-0.05, 0) is 25.1 Å². The summed E-state index contributed by atoms with van der Waals surface area (Å²) in [6.07, 6.45) is 3.11. The van der Waals surface area contributed by atoms with E-state index in [-0.39, 0.29) is 5.78 Å². The van der Waals surface area contributed by atoms with Crippen molar-refractivity contribution in [2.75, 3.05) is 14.1 Å². The van der Waals surface area contributed by atoms with Crippen LogP contribution in [0.2, 0.25) is 10.0 Å². The van der Waals surface area contributed by atoms with Crippen LogP contribution in [0.4, 0.5) is 0 Å². The number of aromatic nitrogens is 3. The van der Waals surface area contributed by atoms with Gasteiger partial charge in [0, 0.05) is 31.4 Å². The number of ketones is 1. The summed E-state index contributed by atoms with van der Waals surface area (Å²) >= 11 is 12.0. The summed E-state index contributed by atoms with van der Waals surface area (Å²) < 4.78 is 1.52. The summed E-state index contributed by atoms with van der Waals surface area (Å²) in [6, 6.07) is 5.06. The Morgan fingerprint density at radius 2 is 2.05 bits per heavy atom. The van der Waals surface area contributed by atoms with Crippen LogP contribution in [0.25, 0.3) is 5.69 Å². The van der Waals surface area contributed by atoms with Gasteiger partial charge in [0.25, 0.3) is 0 Å². The number of allylic oxidation sites excluding steroid dienone is 1. The lowest BCUT2D eigenvalue weighted by Crippen LogP contribution is -2.05. The number of nitrogens with zero attached hydrogens (tertiary/aromatic N) is 4. The lowest BCUT2D eigenvalue weighted by molar-refractivity contribution is 0.104. The van der Waals surface area contributed by atoms with Gasteiger partial charge in [0.2, 0.25) is 5.78 Å². The zero-order valence-electron chi connectivity index (χ0n) is 11.8. The van der Waals surface area contributed by atoms with Gasteiger partial charge in [-0.2, -0.15) is 0 Å². The fourth-order valence-electron chi connectivity index (χ4n) is 1.73. The molecule has 0 N–H and O–H groups in total. The molecular weight excluding hydrogens is 311 g/mol. The van der Waals surface area contributed by atoms with Gasteiger partial charge in [0.15, 0.2) is 5.69 Å². The van der Waals surface area contributed by atoms with Crippen LogP contribution in [0.3, 0.4) is 0 Å². The van der Waals surface area contributed by atoms with Crippen LogP contribution in [-0.4, -0.2) is 39.8 Å². The molecule has 0 fully saturated rings. The lowest BCUT2D eigenvalue weighted by Gasteiger charge is -2.06. The largest absolute Gasteiger partial charge is 0.383 e. The van der Waals surface area contributed by atoms with Gasteiger partial charge in [0.1, 0.15) is 0 Å². The highest BCUT2D eigenvalue weighted by molar-refractivity contribution is 6.35. The lowest BCUT2D eigenvalue weighted by atomic mass is 10.2. The van der Waals surface area contributed by atoms with Crippen molar-refractivity contribution in [2.24, 2.45) is 0 Å². The van der Waals surface area contributed by atoms with E-state index in [1.807, 2.05) is 14.1 Å². The smallest absolute Gasteiger partial charge is 0.209 e. The Kier molecular flexibility index (Phi) is 4.65. The summed E-state index contributed by atoms with van der Waals surface area (Å²) in [6.45, 7) is 1.77. The standard InChI is InChI=1S/C14H14Cl2N4O/c1-9-14(13(21)6-7-19(2)3)17-18-20(9)12-5-4-10(15)8-11(12)16/h4-8H,1-3H3. The van der Waals surface area contributed by atoms with E-state index in [1.54, 1.807) is 36.2 Å². The third-order valence-electron chi connectivity index (χ3n) is 2.79. The number of hydrogen-bond donors (Lipinski definition) is 0. The number of halogens is 2. The van der Waals surface area contributed by atoms with Crippen LogP contribution in [0.1, 0.15) is 16.2 Å². The average Bonchev–Trinajstić information content (AvgIpc) is 2.78. The third kappa shape index (κ3) is 3.43. The number of carbonyl (C=O) groups is 1. The van der Waals surface area contributed by atoms with E-state index in [9.17, 15) is 4.79 Å². The molecule has 2 rings (SSSR count). The monoisotopic (exact) mass is 324 g/mol. The molecule has 21 heavy (non-hydrogen) atoms. The maximum absolute atomic E-state index is 12.1. The second-order valence-electron chi connectivity index (χ2n) is 4.67. The van der Waals surface area contributed by atoms with Crippen molar-refractivity contribution in [2.45, 2.75) is 6.92 Å². The maximum Gasteiger partial charge on any atom is 0.209 e. The molecule has 0 aliphatic rings. The van der Waals surface area contributed by atoms with Gasteiger partial charge in [-0.3, -0.25) is 4.79 Å². The minimum atomic E-state index is -0.211. The summed E-state index contributed by atoms with van der Waals surface area (Å²) in [5.41, 5.74) is 1.54. The van der Waals surface area contributed by atoms with Crippen LogP contribution in [0.15, 0.2) is 30.5 Å². The van der Waals surface area contributed by atoms with E-state index in [1.165, 1.54) is 10.8 Å². The summed E-state index contributed by atoms with van der Waals surface area (Å²) in [5.74, 6) is -0.211. The minimum absolute atomic E-state index is 0.211. The highest BCUT2D eigenvalue weighted by Crippen LogP contribution is 2.25. The molecule has 110 valence electrons. The Morgan fingerprint density at radius 1 is 1.33 bits per heavy atom. The molecule has 0 amide bonds. The molecule has 1 heterocycles. The van der Waals surface area contributed by atoms with Crippen molar-refractivity contribution in [3.8, 4) is 5.69 Å². The quantitative estimate of drug-likeness (QED) is 0.640. The third-order valence-corrected chi connectivity index (χ3v) is 3.33. The zero-order chi connectivity index (χ0) is 15.6. The second-order valence-corrected chi connectivity index (χ2v) is 5.52. The fraction of sp³-hybridized carbons (Fsp3) is 0.214. The molecule has 1 aromatic carbocycles. The highest BCUT2D eigenvalue weighted by Gasteiger charge is 2.16. The average molecular weight is 325 g/mol. The molecule has 0 saturated heterocycles. The molecule has 0 aliphatic carbocycles. The number of carbonyl (C=O) groups excluding carboxylic acids is 1. The Bertz CT molecular complexity index is 707. The molecule has 0 bridgehead atoms. The molecule has 1 aromatic heterocycles. The van der Waals surface area contributed by atoms with Crippen LogP contribution in [0, 0.1) is 6.92 Å². The predicted molar refractivity (Wildman–Crippen MR) is 83.3 cm³/mol. The Morgan fingerprint density at radius 3 is 2.67 bits per heavy atom. The number of rotatable bonds is 4. The maximum atomic E-state index is 12.1. The van der Waals surface area contributed by atoms with Gasteiger partial charge < -0.3 is 4.90 Å². The first-order valence-electron chi connectivity index (χ1n) is 6.17. The first kappa shape index (κ1) is 15.5. The zero-order valence-corrected chi connectivity index (χ0v) is 13.4. The van der Waals surface area contributed by atoms with E-state index in [4.69, 9.17) is 23.2 Å². The number of benzene rings is 1. The molecule has 5 nitrogen and oxygen atoms in total. The van der Waals surface area contributed by atoms with E-state index in [0.29, 0.717) is 27.1 Å². The van der Waals surface area contributed by atoms with Crippen LogP contribution >= 0.6 is 23.2 Å². The summed E-state index contributed by atoms with van der Waals surface area (Å²) in [4.78, 5) is 13.8. The first-order valence-corrected chi connectivity index (χ1v) is 6.92. The van der Waals surface area contributed by atoms with E-state index in [2.05, 4.69) is 10.3 Å². The normalized spacial score (nSPS) is 11.1. The van der Waals surface area contributed by atoms with Crippen LogP contribution in [-0.2, 0) is 0 Å². The van der Waals surface area contributed by atoms with Gasteiger partial charge in [0.05, 0.1) is 16.4 Å². The van der Waals surface area contributed by atoms with Crippen LogP contribution in [0.5, 0.6) is 0 Å². The molecule has 0 saturated carbocycles. The van der Waals surface area contributed by atoms with Gasteiger partial charge in [-0.1, -0.05) is 28.4 Å². The van der Waals surface area contributed by atoms with Crippen molar-refractivity contribution < 1.29 is 4.79 Å². The summed E-state index contributed by atoms with van der Waals surface area (Å²) in [7, 11) is 3.67. The molecule has 0 radical (unpaired) electrons. The summed E-state index contributed by atoms with van der Waals surface area (Å²) in [5, 5.41) is 8.91. The predicted octanol–water partition coefficient (Wildman–Crippen LogP) is 3.14. The Labute approximate surface area is 132 Å². The van der Waals surface area contributed by atoms with Gasteiger partial charge in [-0.15, -0.1) is 5.10 Å². The molecular formula is C14H14Cl2N4O. The van der Waals surface area contributed by atoms with E-state index in [0.717, 1.165) is 0 Å².